The molecule has 0 spiro atoms. The fourth-order valence-electron chi connectivity index (χ4n) is 3.42. The summed E-state index contributed by atoms with van der Waals surface area (Å²) >= 11 is 12.3. The van der Waals surface area contributed by atoms with Gasteiger partial charge in [0.1, 0.15) is 22.7 Å². The van der Waals surface area contributed by atoms with Crippen LogP contribution in [0.2, 0.25) is 10.0 Å². The summed E-state index contributed by atoms with van der Waals surface area (Å²) in [5.41, 5.74) is 0.589. The van der Waals surface area contributed by atoms with E-state index in [9.17, 15) is 17.2 Å². The molecule has 0 aliphatic rings. The molecule has 0 aliphatic carbocycles. The number of benzene rings is 2. The van der Waals surface area contributed by atoms with E-state index in [0.29, 0.717) is 17.4 Å². The minimum Gasteiger partial charge on any atom is -0.366 e. The third kappa shape index (κ3) is 5.19. The number of anilines is 1. The second kappa shape index (κ2) is 10.0. The molecule has 0 aliphatic heterocycles. The van der Waals surface area contributed by atoms with Crippen molar-refractivity contribution in [1.82, 2.24) is 9.97 Å². The molecule has 34 heavy (non-hydrogen) atoms. The van der Waals surface area contributed by atoms with Crippen LogP contribution in [0.25, 0.3) is 0 Å². The van der Waals surface area contributed by atoms with Gasteiger partial charge in [0.05, 0.1) is 9.92 Å². The Labute approximate surface area is 205 Å². The average Bonchev–Trinajstić information content (AvgIpc) is 2.82. The highest BCUT2D eigenvalue weighted by Crippen LogP contribution is 2.40. The third-order valence-electron chi connectivity index (χ3n) is 5.08. The van der Waals surface area contributed by atoms with Crippen molar-refractivity contribution in [2.45, 2.75) is 16.7 Å². The standard InChI is InChI=1S/C24H17Cl2F2N3O2S/c25-16-1-4-18(5-2-16)34(32,33)24(20-11-17(27)3-6-22(20)28)19-12-23(31-14-21(19)26)30-13-15-7-9-29-10-8-15/h1-12,14,24H,13H2,(H,30,31). The highest BCUT2D eigenvalue weighted by Gasteiger charge is 2.35. The van der Waals surface area contributed by atoms with Gasteiger partial charge in [-0.1, -0.05) is 23.2 Å². The topological polar surface area (TPSA) is 72.0 Å². The van der Waals surface area contributed by atoms with Crippen molar-refractivity contribution in [2.24, 2.45) is 0 Å². The molecule has 4 aromatic rings. The highest BCUT2D eigenvalue weighted by atomic mass is 35.5. The largest absolute Gasteiger partial charge is 0.366 e. The molecule has 0 saturated heterocycles. The highest BCUT2D eigenvalue weighted by molar-refractivity contribution is 7.92. The minimum atomic E-state index is -4.28. The zero-order valence-corrected chi connectivity index (χ0v) is 19.7. The number of sulfone groups is 1. The fourth-order valence-corrected chi connectivity index (χ4v) is 5.66. The molecule has 1 atom stereocenters. The summed E-state index contributed by atoms with van der Waals surface area (Å²) in [6, 6.07) is 13.1. The summed E-state index contributed by atoms with van der Waals surface area (Å²) in [6.07, 6.45) is 4.55. The van der Waals surface area contributed by atoms with Crippen LogP contribution >= 0.6 is 23.2 Å². The average molecular weight is 520 g/mol. The molecule has 1 unspecified atom stereocenters. The van der Waals surface area contributed by atoms with Gasteiger partial charge in [-0.2, -0.15) is 0 Å². The summed E-state index contributed by atoms with van der Waals surface area (Å²) in [6.45, 7) is 0.375. The molecule has 174 valence electrons. The maximum absolute atomic E-state index is 14.9. The van der Waals surface area contributed by atoms with Gasteiger partial charge in [0, 0.05) is 35.7 Å². The lowest BCUT2D eigenvalue weighted by molar-refractivity contribution is 0.569. The van der Waals surface area contributed by atoms with E-state index in [0.717, 1.165) is 23.8 Å². The number of nitrogens with zero attached hydrogens (tertiary/aromatic N) is 2. The molecule has 4 rings (SSSR count). The summed E-state index contributed by atoms with van der Waals surface area (Å²) in [4.78, 5) is 8.03. The number of rotatable bonds is 7. The van der Waals surface area contributed by atoms with E-state index < -0.39 is 26.7 Å². The Morgan fingerprint density at radius 2 is 1.62 bits per heavy atom. The smallest absolute Gasteiger partial charge is 0.189 e. The normalized spacial score (nSPS) is 12.4. The molecule has 5 nitrogen and oxygen atoms in total. The molecular formula is C24H17Cl2F2N3O2S. The molecule has 0 saturated carbocycles. The van der Waals surface area contributed by atoms with Crippen molar-refractivity contribution in [3.63, 3.8) is 0 Å². The SMILES string of the molecule is O=S(=O)(c1ccc(Cl)cc1)C(c1cc(F)ccc1F)c1cc(NCc2ccncc2)ncc1Cl. The van der Waals surface area contributed by atoms with Gasteiger partial charge in [0.2, 0.25) is 0 Å². The number of halogens is 4. The van der Waals surface area contributed by atoms with Crippen LogP contribution in [0.15, 0.2) is 84.1 Å². The van der Waals surface area contributed by atoms with Crippen molar-refractivity contribution in [2.75, 3.05) is 5.32 Å². The van der Waals surface area contributed by atoms with Crippen LogP contribution in [-0.2, 0) is 16.4 Å². The van der Waals surface area contributed by atoms with Gasteiger partial charge >= 0.3 is 0 Å². The predicted molar refractivity (Wildman–Crippen MR) is 128 cm³/mol. The Bertz CT molecular complexity index is 1420. The lowest BCUT2D eigenvalue weighted by Gasteiger charge is -2.21. The zero-order chi connectivity index (χ0) is 24.3. The van der Waals surface area contributed by atoms with Crippen molar-refractivity contribution >= 4 is 38.9 Å². The Hall–Kier alpha value is -3.07. The Morgan fingerprint density at radius 3 is 2.32 bits per heavy atom. The third-order valence-corrected chi connectivity index (χ3v) is 7.71. The van der Waals surface area contributed by atoms with Gasteiger partial charge in [0.15, 0.2) is 9.84 Å². The summed E-state index contributed by atoms with van der Waals surface area (Å²) < 4.78 is 56.4. The molecular weight excluding hydrogens is 503 g/mol. The summed E-state index contributed by atoms with van der Waals surface area (Å²) in [5.74, 6) is -1.36. The van der Waals surface area contributed by atoms with Crippen molar-refractivity contribution < 1.29 is 17.2 Å². The van der Waals surface area contributed by atoms with Crippen LogP contribution in [0.3, 0.4) is 0 Å². The Balaban J connectivity index is 1.83. The number of hydrogen-bond acceptors (Lipinski definition) is 5. The molecule has 0 amide bonds. The van der Waals surface area contributed by atoms with Crippen molar-refractivity contribution in [3.8, 4) is 0 Å². The minimum absolute atomic E-state index is 0.0133. The van der Waals surface area contributed by atoms with Gasteiger partial charge in [-0.3, -0.25) is 4.98 Å². The van der Waals surface area contributed by atoms with Crippen molar-refractivity contribution in [1.29, 1.82) is 0 Å². The first-order valence-electron chi connectivity index (χ1n) is 9.98. The van der Waals surface area contributed by atoms with Crippen molar-refractivity contribution in [3.05, 3.63) is 118 Å². The van der Waals surface area contributed by atoms with Crippen LogP contribution in [-0.4, -0.2) is 18.4 Å². The molecule has 1 N–H and O–H groups in total. The van der Waals surface area contributed by atoms with Gasteiger partial charge in [0.25, 0.3) is 0 Å². The second-order valence-electron chi connectivity index (χ2n) is 7.34. The lowest BCUT2D eigenvalue weighted by Crippen LogP contribution is -2.18. The van der Waals surface area contributed by atoms with E-state index in [4.69, 9.17) is 23.2 Å². The van der Waals surface area contributed by atoms with E-state index in [1.54, 1.807) is 24.5 Å². The quantitative estimate of drug-likeness (QED) is 0.313. The molecule has 2 aromatic heterocycles. The van der Waals surface area contributed by atoms with E-state index >= 15 is 0 Å². The summed E-state index contributed by atoms with van der Waals surface area (Å²) in [7, 11) is -4.28. The molecule has 2 heterocycles. The van der Waals surface area contributed by atoms with Crippen LogP contribution in [0.5, 0.6) is 0 Å². The first kappa shape index (κ1) is 24.1. The van der Waals surface area contributed by atoms with E-state index in [2.05, 4.69) is 15.3 Å². The van der Waals surface area contributed by atoms with Gasteiger partial charge in [-0.05, 0) is 71.8 Å². The second-order valence-corrected chi connectivity index (χ2v) is 10.2. The number of aromatic nitrogens is 2. The lowest BCUT2D eigenvalue weighted by atomic mass is 10.0. The molecule has 10 heteroatoms. The van der Waals surface area contributed by atoms with Crippen LogP contribution in [0.4, 0.5) is 14.6 Å². The predicted octanol–water partition coefficient (Wildman–Crippen LogP) is 6.24. The van der Waals surface area contributed by atoms with E-state index in [1.165, 1.54) is 36.5 Å². The first-order chi connectivity index (χ1) is 16.3. The van der Waals surface area contributed by atoms with Crippen LogP contribution in [0, 0.1) is 11.6 Å². The first-order valence-corrected chi connectivity index (χ1v) is 12.3. The number of hydrogen-bond donors (Lipinski definition) is 1. The van der Waals surface area contributed by atoms with E-state index in [-0.39, 0.29) is 21.0 Å². The molecule has 0 bridgehead atoms. The number of nitrogens with one attached hydrogen (secondary N) is 1. The molecule has 0 fully saturated rings. The zero-order valence-electron chi connectivity index (χ0n) is 17.4. The van der Waals surface area contributed by atoms with Gasteiger partial charge in [-0.25, -0.2) is 22.2 Å². The molecule has 0 radical (unpaired) electrons. The maximum Gasteiger partial charge on any atom is 0.189 e. The summed E-state index contributed by atoms with van der Waals surface area (Å²) in [5, 5.41) is 1.76. The number of pyridine rings is 2. The Kier molecular flexibility index (Phi) is 7.11. The Morgan fingerprint density at radius 1 is 0.912 bits per heavy atom. The van der Waals surface area contributed by atoms with E-state index in [1.807, 2.05) is 0 Å². The fraction of sp³-hybridized carbons (Fsp3) is 0.0833. The monoisotopic (exact) mass is 519 g/mol. The van der Waals surface area contributed by atoms with Crippen LogP contribution < -0.4 is 5.32 Å². The van der Waals surface area contributed by atoms with Crippen LogP contribution in [0.1, 0.15) is 21.9 Å². The maximum atomic E-state index is 14.9. The van der Waals surface area contributed by atoms with Gasteiger partial charge in [-0.15, -0.1) is 0 Å². The van der Waals surface area contributed by atoms with Gasteiger partial charge < -0.3 is 5.32 Å². The molecule has 2 aromatic carbocycles.